The van der Waals surface area contributed by atoms with Gasteiger partial charge in [-0.15, -0.1) is 0 Å². The van der Waals surface area contributed by atoms with Crippen LogP contribution in [0.5, 0.6) is 0 Å². The van der Waals surface area contributed by atoms with E-state index in [1.54, 1.807) is 0 Å². The van der Waals surface area contributed by atoms with Crippen molar-refractivity contribution in [3.63, 3.8) is 0 Å². The molecule has 1 heterocycles. The molecule has 0 aliphatic carbocycles. The summed E-state index contributed by atoms with van der Waals surface area (Å²) < 4.78 is 5.48. The summed E-state index contributed by atoms with van der Waals surface area (Å²) in [6.45, 7) is 9.22. The van der Waals surface area contributed by atoms with Crippen LogP contribution >= 0.6 is 0 Å². The Kier molecular flexibility index (Phi) is 5.37. The summed E-state index contributed by atoms with van der Waals surface area (Å²) in [7, 11) is 0. The molecule has 1 fully saturated rings. The van der Waals surface area contributed by atoms with Gasteiger partial charge in [-0.05, 0) is 64.4 Å². The molecule has 0 unspecified atom stereocenters. The van der Waals surface area contributed by atoms with E-state index in [1.807, 2.05) is 39.0 Å². The molecule has 1 saturated heterocycles. The SMILES string of the molecule is CC(C)(C)OCC(=O)Nc1cccc(CN2CCCC2)c1. The molecule has 1 N–H and O–H groups in total. The van der Waals surface area contributed by atoms with E-state index >= 15 is 0 Å². The highest BCUT2D eigenvalue weighted by Gasteiger charge is 2.14. The van der Waals surface area contributed by atoms with Crippen LogP contribution in [0.15, 0.2) is 24.3 Å². The Morgan fingerprint density at radius 3 is 2.67 bits per heavy atom. The largest absolute Gasteiger partial charge is 0.366 e. The van der Waals surface area contributed by atoms with Gasteiger partial charge in [-0.1, -0.05) is 12.1 Å². The van der Waals surface area contributed by atoms with Crippen molar-refractivity contribution in [3.05, 3.63) is 29.8 Å². The first-order valence-electron chi connectivity index (χ1n) is 7.67. The summed E-state index contributed by atoms with van der Waals surface area (Å²) in [4.78, 5) is 14.3. The minimum Gasteiger partial charge on any atom is -0.366 e. The third-order valence-corrected chi connectivity index (χ3v) is 3.45. The van der Waals surface area contributed by atoms with Crippen molar-refractivity contribution in [2.24, 2.45) is 0 Å². The van der Waals surface area contributed by atoms with E-state index in [4.69, 9.17) is 4.74 Å². The number of hydrogen-bond donors (Lipinski definition) is 1. The first-order valence-corrected chi connectivity index (χ1v) is 7.67. The van der Waals surface area contributed by atoms with Gasteiger partial charge in [0.25, 0.3) is 0 Å². The number of amides is 1. The number of nitrogens with zero attached hydrogens (tertiary/aromatic N) is 1. The second kappa shape index (κ2) is 7.05. The Bertz CT molecular complexity index is 474. The van der Waals surface area contributed by atoms with Gasteiger partial charge in [0.15, 0.2) is 0 Å². The predicted octanol–water partition coefficient (Wildman–Crippen LogP) is 3.04. The minimum absolute atomic E-state index is 0.0832. The third kappa shape index (κ3) is 5.86. The van der Waals surface area contributed by atoms with Crippen LogP contribution in [0.4, 0.5) is 5.69 Å². The quantitative estimate of drug-likeness (QED) is 0.906. The summed E-state index contributed by atoms with van der Waals surface area (Å²) in [5.74, 6) is -0.108. The fraction of sp³-hybridized carbons (Fsp3) is 0.588. The highest BCUT2D eigenvalue weighted by molar-refractivity contribution is 5.91. The summed E-state index contributed by atoms with van der Waals surface area (Å²) in [5.41, 5.74) is 1.79. The van der Waals surface area contributed by atoms with Crippen molar-refractivity contribution in [2.75, 3.05) is 25.0 Å². The van der Waals surface area contributed by atoms with Crippen LogP contribution in [0, 0.1) is 0 Å². The Morgan fingerprint density at radius 2 is 2.00 bits per heavy atom. The second-order valence-corrected chi connectivity index (χ2v) is 6.63. The van der Waals surface area contributed by atoms with Gasteiger partial charge in [0, 0.05) is 12.2 Å². The maximum absolute atomic E-state index is 11.9. The van der Waals surface area contributed by atoms with Crippen LogP contribution in [-0.2, 0) is 16.1 Å². The van der Waals surface area contributed by atoms with E-state index < -0.39 is 0 Å². The summed E-state index contributed by atoms with van der Waals surface area (Å²) in [6, 6.07) is 8.07. The first-order chi connectivity index (χ1) is 9.92. The average Bonchev–Trinajstić information content (AvgIpc) is 2.89. The van der Waals surface area contributed by atoms with E-state index in [1.165, 1.54) is 31.5 Å². The van der Waals surface area contributed by atoms with E-state index in [-0.39, 0.29) is 18.1 Å². The smallest absolute Gasteiger partial charge is 0.250 e. The van der Waals surface area contributed by atoms with Crippen LogP contribution in [0.3, 0.4) is 0 Å². The molecule has 1 aromatic rings. The number of carbonyl (C=O) groups is 1. The molecule has 4 nitrogen and oxygen atoms in total. The Morgan fingerprint density at radius 1 is 1.29 bits per heavy atom. The molecule has 1 aromatic carbocycles. The Labute approximate surface area is 127 Å². The number of ether oxygens (including phenoxy) is 1. The molecular formula is C17H26N2O2. The molecule has 0 bridgehead atoms. The molecule has 0 spiro atoms. The minimum atomic E-state index is -0.297. The van der Waals surface area contributed by atoms with E-state index in [9.17, 15) is 4.79 Å². The molecule has 0 atom stereocenters. The van der Waals surface area contributed by atoms with Gasteiger partial charge < -0.3 is 10.1 Å². The molecule has 1 amide bonds. The second-order valence-electron chi connectivity index (χ2n) is 6.63. The maximum Gasteiger partial charge on any atom is 0.250 e. The van der Waals surface area contributed by atoms with E-state index in [0.717, 1.165) is 12.2 Å². The molecule has 21 heavy (non-hydrogen) atoms. The van der Waals surface area contributed by atoms with Crippen molar-refractivity contribution < 1.29 is 9.53 Å². The van der Waals surface area contributed by atoms with Crippen LogP contribution in [0.25, 0.3) is 0 Å². The highest BCUT2D eigenvalue weighted by atomic mass is 16.5. The summed E-state index contributed by atoms with van der Waals surface area (Å²) in [5, 5.41) is 2.90. The van der Waals surface area contributed by atoms with Crippen molar-refractivity contribution in [1.29, 1.82) is 0 Å². The fourth-order valence-corrected chi connectivity index (χ4v) is 2.43. The lowest BCUT2D eigenvalue weighted by atomic mass is 10.2. The lowest BCUT2D eigenvalue weighted by Gasteiger charge is -2.19. The van der Waals surface area contributed by atoms with E-state index in [0.29, 0.717) is 0 Å². The Balaban J connectivity index is 1.86. The molecular weight excluding hydrogens is 264 g/mol. The van der Waals surface area contributed by atoms with Crippen molar-refractivity contribution in [3.8, 4) is 0 Å². The Hall–Kier alpha value is -1.39. The maximum atomic E-state index is 11.9. The zero-order valence-corrected chi connectivity index (χ0v) is 13.3. The van der Waals surface area contributed by atoms with Gasteiger partial charge in [0.1, 0.15) is 6.61 Å². The molecule has 2 rings (SSSR count). The number of rotatable bonds is 5. The molecule has 1 aliphatic heterocycles. The topological polar surface area (TPSA) is 41.6 Å². The van der Waals surface area contributed by atoms with Gasteiger partial charge in [-0.3, -0.25) is 9.69 Å². The standard InChI is InChI=1S/C17H26N2O2/c1-17(2,3)21-13-16(20)18-15-8-6-7-14(11-15)12-19-9-4-5-10-19/h6-8,11H,4-5,9-10,12-13H2,1-3H3,(H,18,20). The number of anilines is 1. The van der Waals surface area contributed by atoms with Gasteiger partial charge >= 0.3 is 0 Å². The zero-order chi connectivity index (χ0) is 15.3. The average molecular weight is 290 g/mol. The molecule has 1 aliphatic rings. The van der Waals surface area contributed by atoms with Gasteiger partial charge in [-0.2, -0.15) is 0 Å². The normalized spacial score (nSPS) is 16.1. The molecule has 0 radical (unpaired) electrons. The fourth-order valence-electron chi connectivity index (χ4n) is 2.43. The monoisotopic (exact) mass is 290 g/mol. The van der Waals surface area contributed by atoms with Gasteiger partial charge in [0.2, 0.25) is 5.91 Å². The lowest BCUT2D eigenvalue weighted by molar-refractivity contribution is -0.125. The van der Waals surface area contributed by atoms with Crippen molar-refractivity contribution in [2.45, 2.75) is 45.8 Å². The third-order valence-electron chi connectivity index (χ3n) is 3.45. The predicted molar refractivity (Wildman–Crippen MR) is 85.3 cm³/mol. The number of likely N-dealkylation sites (tertiary alicyclic amines) is 1. The molecule has 0 aromatic heterocycles. The first kappa shape index (κ1) is 16.0. The van der Waals surface area contributed by atoms with Crippen LogP contribution in [-0.4, -0.2) is 36.1 Å². The van der Waals surface area contributed by atoms with Crippen LogP contribution in [0.2, 0.25) is 0 Å². The van der Waals surface area contributed by atoms with Crippen LogP contribution < -0.4 is 5.32 Å². The summed E-state index contributed by atoms with van der Waals surface area (Å²) >= 11 is 0. The number of hydrogen-bond acceptors (Lipinski definition) is 3. The zero-order valence-electron chi connectivity index (χ0n) is 13.3. The number of carbonyl (C=O) groups excluding carboxylic acids is 1. The highest BCUT2D eigenvalue weighted by Crippen LogP contribution is 2.16. The van der Waals surface area contributed by atoms with Crippen LogP contribution in [0.1, 0.15) is 39.2 Å². The number of benzene rings is 1. The van der Waals surface area contributed by atoms with E-state index in [2.05, 4.69) is 16.3 Å². The van der Waals surface area contributed by atoms with Crippen molar-refractivity contribution >= 4 is 11.6 Å². The molecule has 116 valence electrons. The molecule has 0 saturated carbocycles. The lowest BCUT2D eigenvalue weighted by Crippen LogP contribution is -2.27. The number of nitrogens with one attached hydrogen (secondary N) is 1. The van der Waals surface area contributed by atoms with Gasteiger partial charge in [0.05, 0.1) is 5.60 Å². The van der Waals surface area contributed by atoms with Gasteiger partial charge in [-0.25, -0.2) is 0 Å². The summed E-state index contributed by atoms with van der Waals surface area (Å²) in [6.07, 6.45) is 2.58. The van der Waals surface area contributed by atoms with Crippen molar-refractivity contribution in [1.82, 2.24) is 4.90 Å². The molecule has 4 heteroatoms.